The minimum atomic E-state index is -3.83. The molecule has 0 atom stereocenters. The minimum Gasteiger partial charge on any atom is -0.497 e. The molecule has 0 radical (unpaired) electrons. The lowest BCUT2D eigenvalue weighted by Crippen LogP contribution is -2.14. The number of benzene rings is 6. The van der Waals surface area contributed by atoms with Gasteiger partial charge in [-0.3, -0.25) is 19.0 Å². The fraction of sp³-hybridized carbons (Fsp3) is 0.0500. The van der Waals surface area contributed by atoms with Gasteiger partial charge in [-0.15, -0.1) is 0 Å². The molecule has 54 heavy (non-hydrogen) atoms. The molecular formula is C40H34N4O8S2. The zero-order chi connectivity index (χ0) is 38.3. The predicted octanol–water partition coefficient (Wildman–Crippen LogP) is 7.48. The Morgan fingerprint density at radius 2 is 0.704 bits per heavy atom. The summed E-state index contributed by atoms with van der Waals surface area (Å²) in [5.41, 5.74) is 4.19. The van der Waals surface area contributed by atoms with Crippen LogP contribution in [-0.4, -0.2) is 42.9 Å². The minimum absolute atomic E-state index is 0.0771. The van der Waals surface area contributed by atoms with Crippen molar-refractivity contribution < 1.29 is 35.9 Å². The second-order valence-corrected chi connectivity index (χ2v) is 15.1. The highest BCUT2D eigenvalue weighted by molar-refractivity contribution is 7.93. The maximum atomic E-state index is 12.9. The van der Waals surface area contributed by atoms with Gasteiger partial charge >= 0.3 is 0 Å². The second-order valence-electron chi connectivity index (χ2n) is 11.8. The van der Waals surface area contributed by atoms with E-state index in [1.165, 1.54) is 87.0 Å². The van der Waals surface area contributed by atoms with E-state index < -0.39 is 20.0 Å². The van der Waals surface area contributed by atoms with Crippen LogP contribution in [0.5, 0.6) is 11.5 Å². The molecular weight excluding hydrogens is 729 g/mol. The van der Waals surface area contributed by atoms with Gasteiger partial charge in [-0.25, -0.2) is 16.8 Å². The van der Waals surface area contributed by atoms with Crippen LogP contribution in [0.15, 0.2) is 155 Å². The van der Waals surface area contributed by atoms with Gasteiger partial charge in [0.1, 0.15) is 11.5 Å². The summed E-state index contributed by atoms with van der Waals surface area (Å²) < 4.78 is 66.0. The Kier molecular flexibility index (Phi) is 11.0. The van der Waals surface area contributed by atoms with Crippen molar-refractivity contribution in [3.05, 3.63) is 157 Å². The summed E-state index contributed by atoms with van der Waals surface area (Å²) in [7, 11) is -4.66. The monoisotopic (exact) mass is 762 g/mol. The lowest BCUT2D eigenvalue weighted by Gasteiger charge is -2.11. The van der Waals surface area contributed by atoms with Crippen molar-refractivity contribution in [3.8, 4) is 22.6 Å². The lowest BCUT2D eigenvalue weighted by molar-refractivity contribution is 0.101. The lowest BCUT2D eigenvalue weighted by atomic mass is 10.0. The topological polar surface area (TPSA) is 169 Å². The van der Waals surface area contributed by atoms with Crippen LogP contribution in [0, 0.1) is 0 Å². The SMILES string of the molecule is COc1ccc(S(=O)(=O)Nc2ccc(C(=O)Nc3ccc(-c4ccc(NC(=O)c5ccc(NS(=O)(=O)c6ccc(OC)cc6)cc5)cc4)cc3)cc2)cc1. The van der Waals surface area contributed by atoms with E-state index in [1.807, 2.05) is 24.3 Å². The molecule has 0 aliphatic rings. The Bertz CT molecular complexity index is 2300. The smallest absolute Gasteiger partial charge is 0.261 e. The van der Waals surface area contributed by atoms with Crippen molar-refractivity contribution in [2.45, 2.75) is 9.79 Å². The normalized spacial score (nSPS) is 11.2. The van der Waals surface area contributed by atoms with Crippen LogP contribution < -0.4 is 29.6 Å². The van der Waals surface area contributed by atoms with Gasteiger partial charge < -0.3 is 20.1 Å². The molecule has 0 aliphatic heterocycles. The number of sulfonamides is 2. The number of ether oxygens (including phenoxy) is 2. The van der Waals surface area contributed by atoms with E-state index in [9.17, 15) is 26.4 Å². The Hall–Kier alpha value is -6.64. The number of carbonyl (C=O) groups excluding carboxylic acids is 2. The summed E-state index contributed by atoms with van der Waals surface area (Å²) in [6.07, 6.45) is 0. The summed E-state index contributed by atoms with van der Waals surface area (Å²) in [6, 6.07) is 38.6. The van der Waals surface area contributed by atoms with Crippen LogP contribution >= 0.6 is 0 Å². The largest absolute Gasteiger partial charge is 0.497 e. The number of amides is 2. The van der Waals surface area contributed by atoms with E-state index >= 15 is 0 Å². The molecule has 4 N–H and O–H groups in total. The number of carbonyl (C=O) groups is 2. The summed E-state index contributed by atoms with van der Waals surface area (Å²) in [4.78, 5) is 25.9. The van der Waals surface area contributed by atoms with Crippen LogP contribution in [0.1, 0.15) is 20.7 Å². The average Bonchev–Trinajstić information content (AvgIpc) is 3.19. The van der Waals surface area contributed by atoms with E-state index in [2.05, 4.69) is 20.1 Å². The van der Waals surface area contributed by atoms with E-state index in [0.717, 1.165) is 11.1 Å². The standard InChI is InChI=1S/C40H34N4O8S2/c1-51-35-19-23-37(24-20-35)53(47,48)43-33-15-7-29(8-16-33)39(45)41-31-11-3-27(4-12-31)28-5-13-32(14-6-28)42-40(46)30-9-17-34(18-10-30)44-54(49,50)38-25-21-36(52-2)22-26-38/h3-26,43-44H,1-2H3,(H,41,45)(H,42,46). The number of hydrogen-bond donors (Lipinski definition) is 4. The zero-order valence-electron chi connectivity index (χ0n) is 28.9. The third kappa shape index (κ3) is 9.04. The van der Waals surface area contributed by atoms with Gasteiger partial charge in [-0.2, -0.15) is 0 Å². The van der Waals surface area contributed by atoms with Crippen molar-refractivity contribution in [3.63, 3.8) is 0 Å². The van der Waals surface area contributed by atoms with Crippen molar-refractivity contribution in [1.29, 1.82) is 0 Å². The summed E-state index contributed by atoms with van der Waals surface area (Å²) in [5.74, 6) is 0.350. The molecule has 12 nitrogen and oxygen atoms in total. The van der Waals surface area contributed by atoms with Gasteiger partial charge in [0.25, 0.3) is 31.9 Å². The van der Waals surface area contributed by atoms with Crippen LogP contribution in [0.25, 0.3) is 11.1 Å². The molecule has 0 unspecified atom stereocenters. The Morgan fingerprint density at radius 3 is 1.00 bits per heavy atom. The molecule has 6 aromatic rings. The molecule has 6 aromatic carbocycles. The first-order chi connectivity index (χ1) is 25.9. The van der Waals surface area contributed by atoms with Crippen LogP contribution in [0.4, 0.5) is 22.7 Å². The van der Waals surface area contributed by atoms with Gasteiger partial charge in [-0.05, 0) is 132 Å². The van der Waals surface area contributed by atoms with Gasteiger partial charge in [0.2, 0.25) is 0 Å². The van der Waals surface area contributed by atoms with Crippen molar-refractivity contribution in [2.24, 2.45) is 0 Å². The first-order valence-corrected chi connectivity index (χ1v) is 19.3. The van der Waals surface area contributed by atoms with Crippen molar-refractivity contribution in [2.75, 3.05) is 34.3 Å². The highest BCUT2D eigenvalue weighted by atomic mass is 32.2. The van der Waals surface area contributed by atoms with Crippen LogP contribution in [-0.2, 0) is 20.0 Å². The Balaban J connectivity index is 1.00. The number of rotatable bonds is 13. The number of anilines is 4. The molecule has 274 valence electrons. The molecule has 0 aromatic heterocycles. The quantitative estimate of drug-likeness (QED) is 0.0939. The molecule has 0 saturated heterocycles. The third-order valence-corrected chi connectivity index (χ3v) is 11.0. The summed E-state index contributed by atoms with van der Waals surface area (Å²) in [5, 5.41) is 5.68. The zero-order valence-corrected chi connectivity index (χ0v) is 30.6. The highest BCUT2D eigenvalue weighted by Gasteiger charge is 2.17. The maximum Gasteiger partial charge on any atom is 0.261 e. The van der Waals surface area contributed by atoms with E-state index in [0.29, 0.717) is 45.4 Å². The molecule has 0 spiro atoms. The van der Waals surface area contributed by atoms with Crippen molar-refractivity contribution >= 4 is 54.6 Å². The van der Waals surface area contributed by atoms with Crippen LogP contribution in [0.2, 0.25) is 0 Å². The average molecular weight is 763 g/mol. The molecule has 0 saturated carbocycles. The first kappa shape index (κ1) is 37.1. The number of nitrogens with one attached hydrogen (secondary N) is 4. The molecule has 0 bridgehead atoms. The van der Waals surface area contributed by atoms with Gasteiger partial charge in [0, 0.05) is 33.9 Å². The van der Waals surface area contributed by atoms with E-state index in [1.54, 1.807) is 48.5 Å². The molecule has 6 rings (SSSR count). The van der Waals surface area contributed by atoms with Gasteiger partial charge in [0.15, 0.2) is 0 Å². The second kappa shape index (κ2) is 15.9. The molecule has 0 heterocycles. The van der Waals surface area contributed by atoms with Crippen molar-refractivity contribution in [1.82, 2.24) is 0 Å². The highest BCUT2D eigenvalue weighted by Crippen LogP contribution is 2.25. The molecule has 2 amide bonds. The van der Waals surface area contributed by atoms with Gasteiger partial charge in [-0.1, -0.05) is 24.3 Å². The summed E-state index contributed by atoms with van der Waals surface area (Å²) in [6.45, 7) is 0. The Morgan fingerprint density at radius 1 is 0.407 bits per heavy atom. The maximum absolute atomic E-state index is 12.9. The Labute approximate surface area is 312 Å². The fourth-order valence-corrected chi connectivity index (χ4v) is 7.33. The fourth-order valence-electron chi connectivity index (χ4n) is 5.22. The molecule has 14 heteroatoms. The van der Waals surface area contributed by atoms with Gasteiger partial charge in [0.05, 0.1) is 24.0 Å². The third-order valence-electron chi connectivity index (χ3n) is 8.16. The molecule has 0 aliphatic carbocycles. The molecule has 0 fully saturated rings. The van der Waals surface area contributed by atoms with Crippen LogP contribution in [0.3, 0.4) is 0 Å². The van der Waals surface area contributed by atoms with E-state index in [-0.39, 0.29) is 21.6 Å². The first-order valence-electron chi connectivity index (χ1n) is 16.3. The predicted molar refractivity (Wildman–Crippen MR) is 208 cm³/mol. The van der Waals surface area contributed by atoms with E-state index in [4.69, 9.17) is 9.47 Å². The number of hydrogen-bond acceptors (Lipinski definition) is 8. The number of methoxy groups -OCH3 is 2. The summed E-state index contributed by atoms with van der Waals surface area (Å²) >= 11 is 0.